The minimum atomic E-state index is -0.343. The molecule has 0 spiro atoms. The Balaban J connectivity index is 2.83. The summed E-state index contributed by atoms with van der Waals surface area (Å²) >= 11 is 0. The topological polar surface area (TPSA) is 26.3 Å². The number of hydrogen-bond donors (Lipinski definition) is 0. The number of carbonyl (C=O) groups excluding carboxylic acids is 1. The molecule has 0 saturated carbocycles. The number of ketones is 1. The van der Waals surface area contributed by atoms with Crippen molar-refractivity contribution in [1.29, 1.82) is 0 Å². The first-order valence-electron chi connectivity index (χ1n) is 4.79. The highest BCUT2D eigenvalue weighted by molar-refractivity contribution is 6.12. The van der Waals surface area contributed by atoms with Crippen molar-refractivity contribution < 1.29 is 9.53 Å². The summed E-state index contributed by atoms with van der Waals surface area (Å²) in [5, 5.41) is 1.89. The normalized spacial score (nSPS) is 19.1. The third-order valence-electron chi connectivity index (χ3n) is 2.57. The van der Waals surface area contributed by atoms with Crippen molar-refractivity contribution in [1.82, 2.24) is 0 Å². The first-order valence-corrected chi connectivity index (χ1v) is 4.79. The van der Waals surface area contributed by atoms with Gasteiger partial charge in [0.2, 0.25) is 0 Å². The van der Waals surface area contributed by atoms with Crippen LogP contribution in [0.25, 0.3) is 11.8 Å². The first-order chi connectivity index (χ1) is 7.27. The Morgan fingerprint density at radius 2 is 2.13 bits per heavy atom. The molecule has 0 N–H and O–H groups in total. The Kier molecular flexibility index (Phi) is 2.42. The van der Waals surface area contributed by atoms with Gasteiger partial charge >= 0.3 is 0 Å². The third-order valence-corrected chi connectivity index (χ3v) is 2.57. The van der Waals surface area contributed by atoms with Gasteiger partial charge in [-0.15, -0.1) is 6.58 Å². The maximum absolute atomic E-state index is 11.7. The monoisotopic (exact) mass is 200 g/mol. The van der Waals surface area contributed by atoms with Crippen LogP contribution in [0.4, 0.5) is 0 Å². The summed E-state index contributed by atoms with van der Waals surface area (Å²) in [7, 11) is 1.58. The minimum Gasteiger partial charge on any atom is -0.499 e. The van der Waals surface area contributed by atoms with E-state index in [1.165, 1.54) is 0 Å². The average molecular weight is 200 g/mol. The Hall–Kier alpha value is -1.83. The van der Waals surface area contributed by atoms with E-state index in [0.717, 1.165) is 10.4 Å². The smallest absolute Gasteiger partial charge is 0.170 e. The molecule has 0 amide bonds. The van der Waals surface area contributed by atoms with Crippen LogP contribution in [0, 0.1) is 5.92 Å². The minimum absolute atomic E-state index is 0.0283. The van der Waals surface area contributed by atoms with E-state index in [1.54, 1.807) is 19.3 Å². The van der Waals surface area contributed by atoms with E-state index in [-0.39, 0.29) is 11.7 Å². The SMILES string of the molecule is C=CC1C(=O)C=c2ccccc2=C1OC. The summed E-state index contributed by atoms with van der Waals surface area (Å²) in [6.45, 7) is 3.66. The van der Waals surface area contributed by atoms with Crippen molar-refractivity contribution >= 4 is 17.6 Å². The molecular weight excluding hydrogens is 188 g/mol. The van der Waals surface area contributed by atoms with E-state index in [1.807, 2.05) is 24.3 Å². The summed E-state index contributed by atoms with van der Waals surface area (Å²) in [4.78, 5) is 11.7. The predicted molar refractivity (Wildman–Crippen MR) is 59.3 cm³/mol. The van der Waals surface area contributed by atoms with Gasteiger partial charge in [0.25, 0.3) is 0 Å². The summed E-state index contributed by atoms with van der Waals surface area (Å²) in [6.07, 6.45) is 3.26. The van der Waals surface area contributed by atoms with E-state index >= 15 is 0 Å². The molecule has 76 valence electrons. The zero-order valence-electron chi connectivity index (χ0n) is 8.57. The summed E-state index contributed by atoms with van der Waals surface area (Å²) in [5.41, 5.74) is 0. The molecule has 0 aromatic heterocycles. The van der Waals surface area contributed by atoms with E-state index < -0.39 is 0 Å². The van der Waals surface area contributed by atoms with Gasteiger partial charge in [-0.2, -0.15) is 0 Å². The maximum atomic E-state index is 11.7. The second-order valence-corrected chi connectivity index (χ2v) is 3.42. The van der Waals surface area contributed by atoms with Crippen LogP contribution in [0.1, 0.15) is 0 Å². The highest BCUT2D eigenvalue weighted by Gasteiger charge is 2.22. The predicted octanol–water partition coefficient (Wildman–Crippen LogP) is 0.607. The van der Waals surface area contributed by atoms with E-state index in [4.69, 9.17) is 4.74 Å². The van der Waals surface area contributed by atoms with Gasteiger partial charge in [-0.05, 0) is 11.3 Å². The van der Waals surface area contributed by atoms with Crippen molar-refractivity contribution in [2.24, 2.45) is 5.92 Å². The highest BCUT2D eigenvalue weighted by atomic mass is 16.5. The van der Waals surface area contributed by atoms with Crippen LogP contribution in [0.5, 0.6) is 0 Å². The molecule has 1 aromatic rings. The van der Waals surface area contributed by atoms with Crippen LogP contribution in [0.15, 0.2) is 36.9 Å². The molecular formula is C13H12O2. The molecule has 0 radical (unpaired) electrons. The molecule has 1 aromatic carbocycles. The van der Waals surface area contributed by atoms with Gasteiger partial charge in [0.1, 0.15) is 5.76 Å². The summed E-state index contributed by atoms with van der Waals surface area (Å²) in [6, 6.07) is 7.70. The molecule has 0 bridgehead atoms. The molecule has 2 rings (SSSR count). The number of rotatable bonds is 2. The van der Waals surface area contributed by atoms with E-state index in [0.29, 0.717) is 5.76 Å². The lowest BCUT2D eigenvalue weighted by Crippen LogP contribution is -2.36. The number of ether oxygens (including phenoxy) is 1. The number of fused-ring (bicyclic) bond motifs is 1. The Morgan fingerprint density at radius 3 is 2.80 bits per heavy atom. The third kappa shape index (κ3) is 1.48. The van der Waals surface area contributed by atoms with Gasteiger partial charge < -0.3 is 4.74 Å². The molecule has 1 unspecified atom stereocenters. The second-order valence-electron chi connectivity index (χ2n) is 3.42. The summed E-state index contributed by atoms with van der Waals surface area (Å²) in [5.74, 6) is 0.374. The fourth-order valence-electron chi connectivity index (χ4n) is 1.85. The van der Waals surface area contributed by atoms with Gasteiger partial charge in [-0.3, -0.25) is 4.79 Å². The fourth-order valence-corrected chi connectivity index (χ4v) is 1.85. The van der Waals surface area contributed by atoms with Crippen molar-refractivity contribution in [3.05, 3.63) is 47.4 Å². The van der Waals surface area contributed by atoms with Gasteiger partial charge in [-0.1, -0.05) is 30.3 Å². The second kappa shape index (κ2) is 3.73. The zero-order valence-corrected chi connectivity index (χ0v) is 8.57. The first kappa shape index (κ1) is 9.71. The lowest BCUT2D eigenvalue weighted by molar-refractivity contribution is -0.114. The average Bonchev–Trinajstić information content (AvgIpc) is 2.27. The molecule has 0 aliphatic heterocycles. The number of methoxy groups -OCH3 is 1. The van der Waals surface area contributed by atoms with Crippen LogP contribution in [-0.2, 0) is 9.53 Å². The van der Waals surface area contributed by atoms with Gasteiger partial charge in [0, 0.05) is 5.22 Å². The molecule has 0 fully saturated rings. The summed E-state index contributed by atoms with van der Waals surface area (Å²) < 4.78 is 5.30. The molecule has 0 heterocycles. The molecule has 1 aliphatic rings. The quantitative estimate of drug-likeness (QED) is 0.654. The van der Waals surface area contributed by atoms with E-state index in [2.05, 4.69) is 6.58 Å². The number of benzene rings is 1. The number of Topliss-reactive ketones (excluding diaryl/α,β-unsaturated/α-hetero) is 1. The highest BCUT2D eigenvalue weighted by Crippen LogP contribution is 2.16. The Bertz CT molecular complexity index is 526. The lowest BCUT2D eigenvalue weighted by Gasteiger charge is -2.16. The van der Waals surface area contributed by atoms with Crippen molar-refractivity contribution in [3.63, 3.8) is 0 Å². The molecule has 0 saturated heterocycles. The van der Waals surface area contributed by atoms with Crippen LogP contribution < -0.4 is 10.4 Å². The van der Waals surface area contributed by atoms with Gasteiger partial charge in [0.05, 0.1) is 13.0 Å². The number of hydrogen-bond acceptors (Lipinski definition) is 2. The lowest BCUT2D eigenvalue weighted by atomic mass is 9.94. The molecule has 2 nitrogen and oxygen atoms in total. The Labute approximate surface area is 88.2 Å². The largest absolute Gasteiger partial charge is 0.499 e. The Morgan fingerprint density at radius 1 is 1.40 bits per heavy atom. The van der Waals surface area contributed by atoms with Crippen LogP contribution in [0.2, 0.25) is 0 Å². The van der Waals surface area contributed by atoms with Gasteiger partial charge in [-0.25, -0.2) is 0 Å². The van der Waals surface area contributed by atoms with Crippen LogP contribution in [0.3, 0.4) is 0 Å². The molecule has 2 heteroatoms. The molecule has 15 heavy (non-hydrogen) atoms. The van der Waals surface area contributed by atoms with Crippen LogP contribution >= 0.6 is 0 Å². The van der Waals surface area contributed by atoms with E-state index in [9.17, 15) is 4.79 Å². The van der Waals surface area contributed by atoms with Gasteiger partial charge in [0.15, 0.2) is 5.78 Å². The number of carbonyl (C=O) groups is 1. The molecule has 1 atom stereocenters. The molecule has 1 aliphatic carbocycles. The zero-order chi connectivity index (χ0) is 10.8. The maximum Gasteiger partial charge on any atom is 0.170 e. The fraction of sp³-hybridized carbons (Fsp3) is 0.154. The van der Waals surface area contributed by atoms with Crippen molar-refractivity contribution in [2.45, 2.75) is 0 Å². The standard InChI is InChI=1S/C13H12O2/c1-3-10-12(14)8-9-6-4-5-7-11(9)13(10)15-2/h3-8,10H,1H2,2H3. The van der Waals surface area contributed by atoms with Crippen LogP contribution in [-0.4, -0.2) is 12.9 Å². The van der Waals surface area contributed by atoms with Crippen molar-refractivity contribution in [2.75, 3.05) is 7.11 Å². The van der Waals surface area contributed by atoms with Crippen molar-refractivity contribution in [3.8, 4) is 0 Å².